The molecular weight excluding hydrogens is 228 g/mol. The molecule has 0 fully saturated rings. The lowest BCUT2D eigenvalue weighted by Gasteiger charge is -2.14. The SMILES string of the molecule is CCOC(=O)CC(C)Oc1ccccc1Cl. The predicted octanol–water partition coefficient (Wildman–Crippen LogP) is 3.06. The van der Waals surface area contributed by atoms with Crippen LogP contribution in [-0.2, 0) is 9.53 Å². The second kappa shape index (κ2) is 6.38. The van der Waals surface area contributed by atoms with E-state index >= 15 is 0 Å². The van der Waals surface area contributed by atoms with E-state index in [9.17, 15) is 4.79 Å². The smallest absolute Gasteiger partial charge is 0.309 e. The highest BCUT2D eigenvalue weighted by atomic mass is 35.5. The van der Waals surface area contributed by atoms with Gasteiger partial charge in [0.05, 0.1) is 18.1 Å². The highest BCUT2D eigenvalue weighted by Gasteiger charge is 2.12. The first-order valence-electron chi connectivity index (χ1n) is 5.20. The number of rotatable bonds is 5. The highest BCUT2D eigenvalue weighted by Crippen LogP contribution is 2.24. The van der Waals surface area contributed by atoms with Gasteiger partial charge in [0.1, 0.15) is 11.9 Å². The van der Waals surface area contributed by atoms with Crippen LogP contribution in [0.25, 0.3) is 0 Å². The van der Waals surface area contributed by atoms with E-state index in [0.29, 0.717) is 17.4 Å². The van der Waals surface area contributed by atoms with Crippen molar-refractivity contribution >= 4 is 17.6 Å². The first kappa shape index (κ1) is 12.8. The van der Waals surface area contributed by atoms with Crippen molar-refractivity contribution in [2.45, 2.75) is 26.4 Å². The molecule has 1 aromatic carbocycles. The molecule has 16 heavy (non-hydrogen) atoms. The van der Waals surface area contributed by atoms with Gasteiger partial charge in [-0.05, 0) is 26.0 Å². The molecule has 0 saturated carbocycles. The molecule has 0 aliphatic rings. The molecule has 0 bridgehead atoms. The third-order valence-corrected chi connectivity index (χ3v) is 2.24. The number of hydrogen-bond donors (Lipinski definition) is 0. The van der Waals surface area contributed by atoms with Crippen molar-refractivity contribution in [2.24, 2.45) is 0 Å². The molecule has 0 radical (unpaired) electrons. The Balaban J connectivity index is 2.48. The Morgan fingerprint density at radius 2 is 2.12 bits per heavy atom. The summed E-state index contributed by atoms with van der Waals surface area (Å²) in [5, 5.41) is 0.540. The third-order valence-electron chi connectivity index (χ3n) is 1.92. The molecule has 1 rings (SSSR count). The van der Waals surface area contributed by atoms with Crippen molar-refractivity contribution in [2.75, 3.05) is 6.61 Å². The molecule has 88 valence electrons. The lowest BCUT2D eigenvalue weighted by Crippen LogP contribution is -2.18. The molecule has 3 nitrogen and oxygen atoms in total. The molecule has 0 aromatic heterocycles. The number of carbonyl (C=O) groups is 1. The summed E-state index contributed by atoms with van der Waals surface area (Å²) < 4.78 is 10.4. The molecule has 0 N–H and O–H groups in total. The van der Waals surface area contributed by atoms with Crippen LogP contribution >= 0.6 is 11.6 Å². The zero-order valence-electron chi connectivity index (χ0n) is 9.40. The monoisotopic (exact) mass is 242 g/mol. The zero-order valence-corrected chi connectivity index (χ0v) is 10.2. The van der Waals surface area contributed by atoms with Crippen molar-refractivity contribution in [1.82, 2.24) is 0 Å². The maximum Gasteiger partial charge on any atom is 0.309 e. The fourth-order valence-corrected chi connectivity index (χ4v) is 1.43. The minimum atomic E-state index is -0.262. The summed E-state index contributed by atoms with van der Waals surface area (Å²) >= 11 is 5.92. The molecule has 1 aromatic rings. The Bertz CT molecular complexity index is 352. The Labute approximate surface area is 100 Å². The average Bonchev–Trinajstić information content (AvgIpc) is 2.21. The lowest BCUT2D eigenvalue weighted by molar-refractivity contribution is -0.144. The van der Waals surface area contributed by atoms with Gasteiger partial charge in [-0.15, -0.1) is 0 Å². The lowest BCUT2D eigenvalue weighted by atomic mass is 10.3. The summed E-state index contributed by atoms with van der Waals surface area (Å²) in [7, 11) is 0. The standard InChI is InChI=1S/C12H15ClO3/c1-3-15-12(14)8-9(2)16-11-7-5-4-6-10(11)13/h4-7,9H,3,8H2,1-2H3. The van der Waals surface area contributed by atoms with Gasteiger partial charge in [0.25, 0.3) is 0 Å². The van der Waals surface area contributed by atoms with Gasteiger partial charge < -0.3 is 9.47 Å². The Kier molecular flexibility index (Phi) is 5.12. The van der Waals surface area contributed by atoms with Crippen LogP contribution in [0.15, 0.2) is 24.3 Å². The molecule has 1 unspecified atom stereocenters. The summed E-state index contributed by atoms with van der Waals surface area (Å²) in [6.07, 6.45) is -0.0297. The van der Waals surface area contributed by atoms with Crippen molar-refractivity contribution in [3.05, 3.63) is 29.3 Å². The van der Waals surface area contributed by atoms with Gasteiger partial charge in [-0.1, -0.05) is 23.7 Å². The minimum Gasteiger partial charge on any atom is -0.489 e. The van der Waals surface area contributed by atoms with Crippen molar-refractivity contribution in [3.63, 3.8) is 0 Å². The minimum absolute atomic E-state index is 0.221. The van der Waals surface area contributed by atoms with Gasteiger partial charge in [0, 0.05) is 0 Å². The predicted molar refractivity (Wildman–Crippen MR) is 62.8 cm³/mol. The number of hydrogen-bond acceptors (Lipinski definition) is 3. The van der Waals surface area contributed by atoms with E-state index in [1.54, 1.807) is 26.0 Å². The van der Waals surface area contributed by atoms with E-state index in [1.165, 1.54) is 0 Å². The van der Waals surface area contributed by atoms with Gasteiger partial charge >= 0.3 is 5.97 Å². The van der Waals surface area contributed by atoms with E-state index in [1.807, 2.05) is 12.1 Å². The molecule has 1 atom stereocenters. The number of benzene rings is 1. The number of ether oxygens (including phenoxy) is 2. The summed E-state index contributed by atoms with van der Waals surface area (Å²) in [6, 6.07) is 7.17. The second-order valence-electron chi connectivity index (χ2n) is 3.37. The van der Waals surface area contributed by atoms with Crippen LogP contribution in [0.1, 0.15) is 20.3 Å². The first-order chi connectivity index (χ1) is 7.63. The van der Waals surface area contributed by atoms with Crippen LogP contribution in [0, 0.1) is 0 Å². The van der Waals surface area contributed by atoms with Gasteiger partial charge in [0.2, 0.25) is 0 Å². The summed E-state index contributed by atoms with van der Waals surface area (Å²) in [6.45, 7) is 3.97. The van der Waals surface area contributed by atoms with Crippen LogP contribution in [0.4, 0.5) is 0 Å². The molecule has 0 amide bonds. The molecular formula is C12H15ClO3. The van der Waals surface area contributed by atoms with Crippen LogP contribution in [0.2, 0.25) is 5.02 Å². The van der Waals surface area contributed by atoms with Crippen LogP contribution in [0.5, 0.6) is 5.75 Å². The second-order valence-corrected chi connectivity index (χ2v) is 3.78. The third kappa shape index (κ3) is 4.11. The maximum atomic E-state index is 11.2. The number of carbonyl (C=O) groups excluding carboxylic acids is 1. The fourth-order valence-electron chi connectivity index (χ4n) is 1.25. The molecule has 0 aliphatic heterocycles. The summed E-state index contributed by atoms with van der Waals surface area (Å²) in [5.74, 6) is 0.322. The normalized spacial score (nSPS) is 11.9. The summed E-state index contributed by atoms with van der Waals surface area (Å²) in [4.78, 5) is 11.2. The molecule has 0 heterocycles. The number of esters is 1. The van der Waals surface area contributed by atoms with Gasteiger partial charge in [-0.3, -0.25) is 4.79 Å². The molecule has 0 spiro atoms. The Morgan fingerprint density at radius 1 is 1.44 bits per heavy atom. The van der Waals surface area contributed by atoms with E-state index in [0.717, 1.165) is 0 Å². The Morgan fingerprint density at radius 3 is 2.75 bits per heavy atom. The number of halogens is 1. The van der Waals surface area contributed by atoms with Gasteiger partial charge in [0.15, 0.2) is 0 Å². The molecule has 0 saturated heterocycles. The average molecular weight is 243 g/mol. The number of para-hydroxylation sites is 1. The summed E-state index contributed by atoms with van der Waals surface area (Å²) in [5.41, 5.74) is 0. The molecule has 4 heteroatoms. The highest BCUT2D eigenvalue weighted by molar-refractivity contribution is 6.32. The van der Waals surface area contributed by atoms with Crippen molar-refractivity contribution in [3.8, 4) is 5.75 Å². The van der Waals surface area contributed by atoms with Crippen LogP contribution < -0.4 is 4.74 Å². The van der Waals surface area contributed by atoms with Crippen LogP contribution in [0.3, 0.4) is 0 Å². The van der Waals surface area contributed by atoms with Crippen molar-refractivity contribution < 1.29 is 14.3 Å². The van der Waals surface area contributed by atoms with Gasteiger partial charge in [-0.25, -0.2) is 0 Å². The van der Waals surface area contributed by atoms with E-state index < -0.39 is 0 Å². The molecule has 0 aliphatic carbocycles. The maximum absolute atomic E-state index is 11.2. The first-order valence-corrected chi connectivity index (χ1v) is 5.58. The zero-order chi connectivity index (χ0) is 12.0. The van der Waals surface area contributed by atoms with Crippen LogP contribution in [-0.4, -0.2) is 18.7 Å². The quantitative estimate of drug-likeness (QED) is 0.745. The Hall–Kier alpha value is -1.22. The van der Waals surface area contributed by atoms with E-state index in [4.69, 9.17) is 21.1 Å². The van der Waals surface area contributed by atoms with E-state index in [2.05, 4.69) is 0 Å². The largest absolute Gasteiger partial charge is 0.489 e. The van der Waals surface area contributed by atoms with Crippen molar-refractivity contribution in [1.29, 1.82) is 0 Å². The van der Waals surface area contributed by atoms with Gasteiger partial charge in [-0.2, -0.15) is 0 Å². The topological polar surface area (TPSA) is 35.5 Å². The van der Waals surface area contributed by atoms with E-state index in [-0.39, 0.29) is 18.5 Å². The fraction of sp³-hybridized carbons (Fsp3) is 0.417.